The number of para-hydroxylation sites is 1. The number of nitrogens with one attached hydrogen (secondary N) is 1. The van der Waals surface area contributed by atoms with Gasteiger partial charge in [-0.05, 0) is 44.2 Å². The summed E-state index contributed by atoms with van der Waals surface area (Å²) in [5, 5.41) is 3.89. The SMILES string of the molecule is CC(C)n1c2ccccc2c2c1cc(C(=O)Nc1cccc(F)c1)n2C. The number of anilines is 1. The number of carbonyl (C=O) groups excluding carboxylic acids is 1. The van der Waals surface area contributed by atoms with Crippen molar-refractivity contribution >= 4 is 33.5 Å². The summed E-state index contributed by atoms with van der Waals surface area (Å²) in [5.41, 5.74) is 4.18. The van der Waals surface area contributed by atoms with Gasteiger partial charge >= 0.3 is 0 Å². The van der Waals surface area contributed by atoms with Crippen LogP contribution in [-0.2, 0) is 7.05 Å². The summed E-state index contributed by atoms with van der Waals surface area (Å²) in [4.78, 5) is 12.8. The van der Waals surface area contributed by atoms with Crippen molar-refractivity contribution in [2.75, 3.05) is 5.32 Å². The van der Waals surface area contributed by atoms with Crippen molar-refractivity contribution in [2.45, 2.75) is 19.9 Å². The Balaban J connectivity index is 1.85. The van der Waals surface area contributed by atoms with E-state index >= 15 is 0 Å². The molecule has 4 rings (SSSR count). The fourth-order valence-electron chi connectivity index (χ4n) is 3.64. The van der Waals surface area contributed by atoms with Crippen molar-refractivity contribution in [3.05, 3.63) is 66.1 Å². The van der Waals surface area contributed by atoms with Gasteiger partial charge in [0.05, 0.1) is 16.6 Å². The second-order valence-corrected chi connectivity index (χ2v) is 6.77. The lowest BCUT2D eigenvalue weighted by molar-refractivity contribution is 0.101. The summed E-state index contributed by atoms with van der Waals surface area (Å²) < 4.78 is 17.5. The van der Waals surface area contributed by atoms with E-state index in [-0.39, 0.29) is 17.8 Å². The van der Waals surface area contributed by atoms with E-state index in [0.717, 1.165) is 21.9 Å². The quantitative estimate of drug-likeness (QED) is 0.549. The number of rotatable bonds is 3. The molecule has 26 heavy (non-hydrogen) atoms. The van der Waals surface area contributed by atoms with Crippen molar-refractivity contribution in [3.63, 3.8) is 0 Å². The highest BCUT2D eigenvalue weighted by molar-refractivity contribution is 6.12. The second kappa shape index (κ2) is 6.02. The largest absolute Gasteiger partial charge is 0.338 e. The van der Waals surface area contributed by atoms with Crippen LogP contribution in [0.15, 0.2) is 54.6 Å². The molecular formula is C21H20FN3O. The molecule has 1 N–H and O–H groups in total. The van der Waals surface area contributed by atoms with Crippen LogP contribution in [0.2, 0.25) is 0 Å². The van der Waals surface area contributed by atoms with Crippen molar-refractivity contribution in [1.29, 1.82) is 0 Å². The van der Waals surface area contributed by atoms with E-state index in [1.54, 1.807) is 12.1 Å². The van der Waals surface area contributed by atoms with Crippen LogP contribution in [0.3, 0.4) is 0 Å². The van der Waals surface area contributed by atoms with Crippen LogP contribution < -0.4 is 5.32 Å². The zero-order chi connectivity index (χ0) is 18.4. The zero-order valence-electron chi connectivity index (χ0n) is 15.0. The molecule has 0 radical (unpaired) electrons. The lowest BCUT2D eigenvalue weighted by Gasteiger charge is -2.10. The molecule has 132 valence electrons. The molecule has 0 saturated carbocycles. The standard InChI is InChI=1S/C21H20FN3O/c1-13(2)25-17-10-5-4-9-16(17)20-18(25)12-19(24(20)3)21(26)23-15-8-6-7-14(22)11-15/h4-13H,1-3H3,(H,23,26). The van der Waals surface area contributed by atoms with E-state index in [4.69, 9.17) is 0 Å². The second-order valence-electron chi connectivity index (χ2n) is 6.77. The Kier molecular flexibility index (Phi) is 3.80. The van der Waals surface area contributed by atoms with E-state index in [1.165, 1.54) is 12.1 Å². The van der Waals surface area contributed by atoms with Gasteiger partial charge in [-0.3, -0.25) is 4.79 Å². The first-order valence-corrected chi connectivity index (χ1v) is 8.62. The lowest BCUT2D eigenvalue weighted by Crippen LogP contribution is -2.15. The predicted molar refractivity (Wildman–Crippen MR) is 103 cm³/mol. The Bertz CT molecular complexity index is 1140. The van der Waals surface area contributed by atoms with Gasteiger partial charge < -0.3 is 14.5 Å². The van der Waals surface area contributed by atoms with Crippen molar-refractivity contribution in [3.8, 4) is 0 Å². The van der Waals surface area contributed by atoms with Crippen LogP contribution in [0.5, 0.6) is 0 Å². The fourth-order valence-corrected chi connectivity index (χ4v) is 3.64. The summed E-state index contributed by atoms with van der Waals surface area (Å²) in [6.45, 7) is 4.26. The van der Waals surface area contributed by atoms with Crippen LogP contribution in [0, 0.1) is 5.82 Å². The molecule has 0 aliphatic carbocycles. The molecule has 5 heteroatoms. The summed E-state index contributed by atoms with van der Waals surface area (Å²) >= 11 is 0. The molecule has 2 heterocycles. The van der Waals surface area contributed by atoms with Gasteiger partial charge in [0.15, 0.2) is 0 Å². The molecule has 0 spiro atoms. The minimum Gasteiger partial charge on any atom is -0.338 e. The molecule has 2 aromatic carbocycles. The molecule has 4 aromatic rings. The van der Waals surface area contributed by atoms with Crippen molar-refractivity contribution in [2.24, 2.45) is 7.05 Å². The average Bonchev–Trinajstić information content (AvgIpc) is 3.09. The molecule has 2 aromatic heterocycles. The van der Waals surface area contributed by atoms with Gasteiger partial charge in [0.1, 0.15) is 11.5 Å². The molecule has 0 fully saturated rings. The number of hydrogen-bond donors (Lipinski definition) is 1. The van der Waals surface area contributed by atoms with Gasteiger partial charge in [0.25, 0.3) is 5.91 Å². The Morgan fingerprint density at radius 2 is 1.81 bits per heavy atom. The van der Waals surface area contributed by atoms with Gasteiger partial charge in [0, 0.05) is 24.2 Å². The minimum absolute atomic E-state index is 0.256. The minimum atomic E-state index is -0.378. The number of aromatic nitrogens is 2. The van der Waals surface area contributed by atoms with Crippen LogP contribution in [0.1, 0.15) is 30.4 Å². The summed E-state index contributed by atoms with van der Waals surface area (Å²) in [6, 6.07) is 16.3. The molecule has 0 atom stereocenters. The highest BCUT2D eigenvalue weighted by Gasteiger charge is 2.21. The Labute approximate surface area is 150 Å². The highest BCUT2D eigenvalue weighted by atomic mass is 19.1. The van der Waals surface area contributed by atoms with E-state index < -0.39 is 0 Å². The van der Waals surface area contributed by atoms with E-state index in [1.807, 2.05) is 29.8 Å². The summed E-state index contributed by atoms with van der Waals surface area (Å²) in [7, 11) is 1.89. The third-order valence-corrected chi connectivity index (χ3v) is 4.72. The smallest absolute Gasteiger partial charge is 0.272 e. The highest BCUT2D eigenvalue weighted by Crippen LogP contribution is 2.33. The monoisotopic (exact) mass is 349 g/mol. The Hall–Kier alpha value is -3.08. The van der Waals surface area contributed by atoms with Crippen LogP contribution >= 0.6 is 0 Å². The maximum absolute atomic E-state index is 13.4. The molecule has 1 amide bonds. The number of amides is 1. The van der Waals surface area contributed by atoms with E-state index in [0.29, 0.717) is 11.4 Å². The fraction of sp³-hybridized carbons (Fsp3) is 0.190. The third-order valence-electron chi connectivity index (χ3n) is 4.72. The van der Waals surface area contributed by atoms with E-state index in [9.17, 15) is 9.18 Å². The maximum atomic E-state index is 13.4. The summed E-state index contributed by atoms with van der Waals surface area (Å²) in [5.74, 6) is -0.634. The number of carbonyl (C=O) groups is 1. The van der Waals surface area contributed by atoms with Crippen LogP contribution in [0.4, 0.5) is 10.1 Å². The maximum Gasteiger partial charge on any atom is 0.272 e. The number of benzene rings is 2. The lowest BCUT2D eigenvalue weighted by atomic mass is 10.2. The third kappa shape index (κ3) is 2.47. The Morgan fingerprint density at radius 3 is 2.54 bits per heavy atom. The topological polar surface area (TPSA) is 39.0 Å². The van der Waals surface area contributed by atoms with Crippen molar-refractivity contribution in [1.82, 2.24) is 9.13 Å². The van der Waals surface area contributed by atoms with Gasteiger partial charge in [-0.1, -0.05) is 24.3 Å². The first kappa shape index (κ1) is 16.4. The number of fused-ring (bicyclic) bond motifs is 3. The number of nitrogens with zero attached hydrogens (tertiary/aromatic N) is 2. The molecule has 0 aliphatic rings. The summed E-state index contributed by atoms with van der Waals surface area (Å²) in [6.07, 6.45) is 0. The number of aryl methyl sites for hydroxylation is 1. The molecule has 4 nitrogen and oxygen atoms in total. The van der Waals surface area contributed by atoms with Crippen molar-refractivity contribution < 1.29 is 9.18 Å². The van der Waals surface area contributed by atoms with Gasteiger partial charge in [-0.25, -0.2) is 4.39 Å². The van der Waals surface area contributed by atoms with Gasteiger partial charge in [-0.2, -0.15) is 0 Å². The molecule has 0 aliphatic heterocycles. The zero-order valence-corrected chi connectivity index (χ0v) is 15.0. The molecule has 0 bridgehead atoms. The number of hydrogen-bond acceptors (Lipinski definition) is 1. The van der Waals surface area contributed by atoms with Gasteiger partial charge in [-0.15, -0.1) is 0 Å². The van der Waals surface area contributed by atoms with E-state index in [2.05, 4.69) is 35.9 Å². The molecule has 0 saturated heterocycles. The predicted octanol–water partition coefficient (Wildman–Crippen LogP) is 5.11. The Morgan fingerprint density at radius 1 is 1.04 bits per heavy atom. The molecule has 0 unspecified atom stereocenters. The van der Waals surface area contributed by atoms with Crippen LogP contribution in [0.25, 0.3) is 21.9 Å². The number of halogens is 1. The first-order valence-electron chi connectivity index (χ1n) is 8.62. The molecular weight excluding hydrogens is 329 g/mol. The average molecular weight is 349 g/mol. The normalized spacial score (nSPS) is 11.6. The first-order chi connectivity index (χ1) is 12.5. The van der Waals surface area contributed by atoms with Crippen LogP contribution in [-0.4, -0.2) is 15.0 Å². The van der Waals surface area contributed by atoms with Gasteiger partial charge in [0.2, 0.25) is 0 Å².